The lowest BCUT2D eigenvalue weighted by atomic mass is 10.0. The smallest absolute Gasteiger partial charge is 0.261 e. The summed E-state index contributed by atoms with van der Waals surface area (Å²) in [6.45, 7) is 4.09. The molecule has 0 fully saturated rings. The molecule has 27 heavy (non-hydrogen) atoms. The lowest BCUT2D eigenvalue weighted by molar-refractivity contribution is 0.601. The van der Waals surface area contributed by atoms with Gasteiger partial charge in [-0.2, -0.15) is 10.4 Å². The van der Waals surface area contributed by atoms with Crippen molar-refractivity contribution >= 4 is 21.5 Å². The number of aromatic nitrogens is 2. The number of rotatable bonds is 5. The normalized spacial score (nSPS) is 11.3. The molecule has 138 valence electrons. The minimum atomic E-state index is -3.79. The molecular weight excluding hydrogens is 362 g/mol. The van der Waals surface area contributed by atoms with Crippen LogP contribution in [-0.4, -0.2) is 18.2 Å². The average molecular weight is 381 g/mol. The molecule has 2 aromatic carbocycles. The van der Waals surface area contributed by atoms with E-state index in [-0.39, 0.29) is 16.3 Å². The Kier molecular flexibility index (Phi) is 4.88. The molecule has 0 aliphatic rings. The summed E-state index contributed by atoms with van der Waals surface area (Å²) in [5.74, 6) is 0.456. The van der Waals surface area contributed by atoms with Gasteiger partial charge < -0.3 is 5.73 Å². The van der Waals surface area contributed by atoms with E-state index in [1.165, 1.54) is 10.9 Å². The highest BCUT2D eigenvalue weighted by molar-refractivity contribution is 7.92. The largest absolute Gasteiger partial charge is 0.382 e. The molecule has 0 bridgehead atoms. The minimum Gasteiger partial charge on any atom is -0.382 e. The van der Waals surface area contributed by atoms with Gasteiger partial charge in [0.05, 0.1) is 22.5 Å². The number of nitrogens with zero attached hydrogens (tertiary/aromatic N) is 3. The van der Waals surface area contributed by atoms with E-state index < -0.39 is 10.0 Å². The van der Waals surface area contributed by atoms with Crippen LogP contribution in [0.2, 0.25) is 0 Å². The number of benzene rings is 2. The SMILES string of the molecule is CC(C)c1ccc(S(=O)(=O)Nc2ccccc2-n2ncc(C#N)c2N)cc1. The molecule has 3 aromatic rings. The third kappa shape index (κ3) is 3.64. The van der Waals surface area contributed by atoms with Crippen molar-refractivity contribution in [1.82, 2.24) is 9.78 Å². The molecule has 1 heterocycles. The first-order chi connectivity index (χ1) is 12.8. The van der Waals surface area contributed by atoms with Crippen LogP contribution in [-0.2, 0) is 10.0 Å². The molecule has 0 unspecified atom stereocenters. The van der Waals surface area contributed by atoms with Gasteiger partial charge in [0.15, 0.2) is 0 Å². The van der Waals surface area contributed by atoms with Crippen molar-refractivity contribution in [2.24, 2.45) is 0 Å². The van der Waals surface area contributed by atoms with Gasteiger partial charge >= 0.3 is 0 Å². The highest BCUT2D eigenvalue weighted by Crippen LogP contribution is 2.26. The second-order valence-electron chi connectivity index (χ2n) is 6.31. The van der Waals surface area contributed by atoms with Gasteiger partial charge in [0.1, 0.15) is 17.5 Å². The molecule has 3 N–H and O–H groups in total. The Balaban J connectivity index is 1.98. The summed E-state index contributed by atoms with van der Waals surface area (Å²) in [7, 11) is -3.79. The van der Waals surface area contributed by atoms with Crippen LogP contribution < -0.4 is 10.5 Å². The van der Waals surface area contributed by atoms with E-state index in [2.05, 4.69) is 9.82 Å². The van der Waals surface area contributed by atoms with E-state index >= 15 is 0 Å². The fourth-order valence-electron chi connectivity index (χ4n) is 2.62. The van der Waals surface area contributed by atoms with Gasteiger partial charge in [0, 0.05) is 0 Å². The van der Waals surface area contributed by atoms with E-state index in [1.807, 2.05) is 19.9 Å². The predicted molar refractivity (Wildman–Crippen MR) is 104 cm³/mol. The molecule has 1 aromatic heterocycles. The van der Waals surface area contributed by atoms with Gasteiger partial charge in [-0.05, 0) is 35.7 Å². The van der Waals surface area contributed by atoms with E-state index in [0.29, 0.717) is 17.3 Å². The first-order valence-corrected chi connectivity index (χ1v) is 9.77. The number of nitrogens with one attached hydrogen (secondary N) is 1. The molecule has 0 atom stereocenters. The highest BCUT2D eigenvalue weighted by atomic mass is 32.2. The molecule has 0 aliphatic heterocycles. The van der Waals surface area contributed by atoms with Crippen LogP contribution in [0.1, 0.15) is 30.9 Å². The zero-order valence-corrected chi connectivity index (χ0v) is 15.7. The van der Waals surface area contributed by atoms with Gasteiger partial charge in [0.2, 0.25) is 0 Å². The maximum atomic E-state index is 12.8. The molecule has 3 rings (SSSR count). The van der Waals surface area contributed by atoms with Crippen LogP contribution in [0.3, 0.4) is 0 Å². The Labute approximate surface area is 158 Å². The number of nitrogens with two attached hydrogens (primary N) is 1. The molecule has 0 amide bonds. The summed E-state index contributed by atoms with van der Waals surface area (Å²) in [5, 5.41) is 13.1. The van der Waals surface area contributed by atoms with Crippen molar-refractivity contribution in [3.8, 4) is 11.8 Å². The summed E-state index contributed by atoms with van der Waals surface area (Å²) >= 11 is 0. The van der Waals surface area contributed by atoms with E-state index in [9.17, 15) is 8.42 Å². The van der Waals surface area contributed by atoms with E-state index in [1.54, 1.807) is 48.5 Å². The monoisotopic (exact) mass is 381 g/mol. The van der Waals surface area contributed by atoms with Gasteiger partial charge in [-0.15, -0.1) is 0 Å². The Hall–Kier alpha value is -3.31. The van der Waals surface area contributed by atoms with Crippen LogP contribution in [0.15, 0.2) is 59.6 Å². The van der Waals surface area contributed by atoms with Gasteiger partial charge in [0.25, 0.3) is 10.0 Å². The number of nitrogen functional groups attached to an aromatic ring is 1. The standard InChI is InChI=1S/C19H19N5O2S/c1-13(2)14-7-9-16(10-8-14)27(25,26)23-17-5-3-4-6-18(17)24-19(21)15(11-20)12-22-24/h3-10,12-13,23H,21H2,1-2H3. The number of hydrogen-bond acceptors (Lipinski definition) is 5. The summed E-state index contributed by atoms with van der Waals surface area (Å²) in [6.07, 6.45) is 1.34. The predicted octanol–water partition coefficient (Wildman–Crippen LogP) is 3.25. The van der Waals surface area contributed by atoms with Gasteiger partial charge in [-0.3, -0.25) is 4.72 Å². The van der Waals surface area contributed by atoms with Crippen LogP contribution in [0.4, 0.5) is 11.5 Å². The third-order valence-corrected chi connectivity index (χ3v) is 5.54. The van der Waals surface area contributed by atoms with Crippen molar-refractivity contribution in [3.05, 3.63) is 65.9 Å². The summed E-state index contributed by atoms with van der Waals surface area (Å²) < 4.78 is 29.5. The lowest BCUT2D eigenvalue weighted by Crippen LogP contribution is -2.15. The lowest BCUT2D eigenvalue weighted by Gasteiger charge is -2.14. The van der Waals surface area contributed by atoms with Gasteiger partial charge in [-0.1, -0.05) is 38.1 Å². The first kappa shape index (κ1) is 18.5. The topological polar surface area (TPSA) is 114 Å². The Morgan fingerprint density at radius 1 is 1.15 bits per heavy atom. The molecule has 0 radical (unpaired) electrons. The maximum absolute atomic E-state index is 12.8. The fourth-order valence-corrected chi connectivity index (χ4v) is 3.69. The number of para-hydroxylation sites is 2. The van der Waals surface area contributed by atoms with E-state index in [0.717, 1.165) is 5.56 Å². The van der Waals surface area contributed by atoms with Crippen molar-refractivity contribution in [2.45, 2.75) is 24.7 Å². The molecule has 0 saturated carbocycles. The summed E-state index contributed by atoms with van der Waals surface area (Å²) in [4.78, 5) is 0.160. The summed E-state index contributed by atoms with van der Waals surface area (Å²) in [5.41, 5.74) is 7.95. The Bertz CT molecular complexity index is 1110. The van der Waals surface area contributed by atoms with Crippen LogP contribution in [0.25, 0.3) is 5.69 Å². The fraction of sp³-hybridized carbons (Fsp3) is 0.158. The van der Waals surface area contributed by atoms with Crippen molar-refractivity contribution in [1.29, 1.82) is 5.26 Å². The number of nitriles is 1. The molecular formula is C19H19N5O2S. The molecule has 0 aliphatic carbocycles. The second kappa shape index (κ2) is 7.13. The molecule has 0 spiro atoms. The summed E-state index contributed by atoms with van der Waals surface area (Å²) in [6, 6.07) is 15.4. The van der Waals surface area contributed by atoms with Crippen LogP contribution in [0, 0.1) is 11.3 Å². The van der Waals surface area contributed by atoms with Gasteiger partial charge in [-0.25, -0.2) is 13.1 Å². The number of anilines is 2. The minimum absolute atomic E-state index is 0.144. The number of hydrogen-bond donors (Lipinski definition) is 2. The zero-order chi connectivity index (χ0) is 19.6. The first-order valence-electron chi connectivity index (χ1n) is 8.29. The van der Waals surface area contributed by atoms with Crippen molar-refractivity contribution in [3.63, 3.8) is 0 Å². The van der Waals surface area contributed by atoms with Crippen LogP contribution >= 0.6 is 0 Å². The highest BCUT2D eigenvalue weighted by Gasteiger charge is 2.18. The quantitative estimate of drug-likeness (QED) is 0.704. The molecule has 7 nitrogen and oxygen atoms in total. The maximum Gasteiger partial charge on any atom is 0.261 e. The van der Waals surface area contributed by atoms with E-state index in [4.69, 9.17) is 11.0 Å². The Morgan fingerprint density at radius 2 is 1.81 bits per heavy atom. The average Bonchev–Trinajstić information content (AvgIpc) is 3.02. The third-order valence-electron chi connectivity index (χ3n) is 4.16. The second-order valence-corrected chi connectivity index (χ2v) is 8.00. The van der Waals surface area contributed by atoms with Crippen molar-refractivity contribution < 1.29 is 8.42 Å². The zero-order valence-electron chi connectivity index (χ0n) is 14.9. The number of sulfonamides is 1. The molecule has 8 heteroatoms. The van der Waals surface area contributed by atoms with Crippen molar-refractivity contribution in [2.75, 3.05) is 10.5 Å². The van der Waals surface area contributed by atoms with Crippen LogP contribution in [0.5, 0.6) is 0 Å². The molecule has 0 saturated heterocycles. The Morgan fingerprint density at radius 3 is 2.41 bits per heavy atom.